The normalized spacial score (nSPS) is 15.0. The molecule has 0 atom stereocenters. The van der Waals surface area contributed by atoms with Crippen LogP contribution in [0, 0.1) is 12.7 Å². The van der Waals surface area contributed by atoms with Gasteiger partial charge in [0.05, 0.1) is 30.9 Å². The van der Waals surface area contributed by atoms with Gasteiger partial charge >= 0.3 is 0 Å². The molecule has 3 rings (SSSR count). The topological polar surface area (TPSA) is 67.9 Å². The van der Waals surface area contributed by atoms with Gasteiger partial charge in [-0.1, -0.05) is 0 Å². The van der Waals surface area contributed by atoms with Crippen LogP contribution < -0.4 is 14.4 Å². The van der Waals surface area contributed by atoms with Crippen molar-refractivity contribution >= 4 is 21.4 Å². The fourth-order valence-corrected chi connectivity index (χ4v) is 3.97. The van der Waals surface area contributed by atoms with Gasteiger partial charge in [0, 0.05) is 18.8 Å². The second-order valence-electron chi connectivity index (χ2n) is 6.00. The molecule has 140 valence electrons. The molecule has 2 aromatic carbocycles. The van der Waals surface area contributed by atoms with Crippen molar-refractivity contribution in [1.29, 1.82) is 0 Å². The maximum Gasteiger partial charge on any atom is 0.262 e. The van der Waals surface area contributed by atoms with Crippen LogP contribution in [0.15, 0.2) is 41.3 Å². The molecular weight excluding hydrogens is 359 g/mol. The summed E-state index contributed by atoms with van der Waals surface area (Å²) in [6.07, 6.45) is 0. The highest BCUT2D eigenvalue weighted by atomic mass is 32.2. The minimum absolute atomic E-state index is 0.0481. The minimum atomic E-state index is -3.92. The van der Waals surface area contributed by atoms with Gasteiger partial charge in [0.1, 0.15) is 11.6 Å². The van der Waals surface area contributed by atoms with E-state index in [4.69, 9.17) is 9.47 Å². The SMILES string of the molecule is COc1ccc(S(=O)(=O)Nc2cc(N3CCOCC3)ccc2F)cc1C. The quantitative estimate of drug-likeness (QED) is 0.864. The highest BCUT2D eigenvalue weighted by Crippen LogP contribution is 2.27. The molecule has 0 spiro atoms. The molecular formula is C18H21FN2O4S. The lowest BCUT2D eigenvalue weighted by Crippen LogP contribution is -2.36. The standard InChI is InChI=1S/C18H21FN2O4S/c1-13-11-15(4-6-18(13)24-2)26(22,23)20-17-12-14(3-5-16(17)19)21-7-9-25-10-8-21/h3-6,11-12,20H,7-10H2,1-2H3. The van der Waals surface area contributed by atoms with Crippen molar-refractivity contribution in [2.45, 2.75) is 11.8 Å². The van der Waals surface area contributed by atoms with Gasteiger partial charge in [0.25, 0.3) is 10.0 Å². The molecule has 26 heavy (non-hydrogen) atoms. The number of nitrogens with one attached hydrogen (secondary N) is 1. The Balaban J connectivity index is 1.88. The van der Waals surface area contributed by atoms with E-state index >= 15 is 0 Å². The number of halogens is 1. The molecule has 0 radical (unpaired) electrons. The summed E-state index contributed by atoms with van der Waals surface area (Å²) in [6.45, 7) is 4.27. The van der Waals surface area contributed by atoms with Crippen LogP contribution in [0.25, 0.3) is 0 Å². The van der Waals surface area contributed by atoms with Crippen molar-refractivity contribution in [3.63, 3.8) is 0 Å². The first-order chi connectivity index (χ1) is 12.4. The summed E-state index contributed by atoms with van der Waals surface area (Å²) >= 11 is 0. The van der Waals surface area contributed by atoms with Crippen molar-refractivity contribution in [2.24, 2.45) is 0 Å². The van der Waals surface area contributed by atoms with E-state index in [1.54, 1.807) is 19.1 Å². The van der Waals surface area contributed by atoms with Gasteiger partial charge in [-0.15, -0.1) is 0 Å². The first kappa shape index (κ1) is 18.5. The number of nitrogens with zero attached hydrogens (tertiary/aromatic N) is 1. The van der Waals surface area contributed by atoms with Crippen LogP contribution in [0.3, 0.4) is 0 Å². The zero-order chi connectivity index (χ0) is 18.7. The van der Waals surface area contributed by atoms with E-state index in [9.17, 15) is 12.8 Å². The Morgan fingerprint density at radius 3 is 2.54 bits per heavy atom. The molecule has 0 aromatic heterocycles. The summed E-state index contributed by atoms with van der Waals surface area (Å²) in [6, 6.07) is 8.90. The van der Waals surface area contributed by atoms with Crippen molar-refractivity contribution in [2.75, 3.05) is 43.0 Å². The number of hydrogen-bond donors (Lipinski definition) is 1. The Bertz CT molecular complexity index is 896. The molecule has 8 heteroatoms. The number of ether oxygens (including phenoxy) is 2. The van der Waals surface area contributed by atoms with Gasteiger partial charge in [-0.2, -0.15) is 0 Å². The van der Waals surface area contributed by atoms with E-state index in [2.05, 4.69) is 4.72 Å². The molecule has 1 aliphatic heterocycles. The van der Waals surface area contributed by atoms with Gasteiger partial charge in [0.2, 0.25) is 0 Å². The summed E-state index contributed by atoms with van der Waals surface area (Å²) in [5.41, 5.74) is 1.35. The molecule has 6 nitrogen and oxygen atoms in total. The third-order valence-corrected chi connectivity index (χ3v) is 5.61. The number of anilines is 2. The van der Waals surface area contributed by atoms with Crippen LogP contribution in [0.4, 0.5) is 15.8 Å². The number of methoxy groups -OCH3 is 1. The summed E-state index contributed by atoms with van der Waals surface area (Å²) in [5, 5.41) is 0. The Morgan fingerprint density at radius 2 is 1.88 bits per heavy atom. The molecule has 0 bridgehead atoms. The predicted octanol–water partition coefficient (Wildman–Crippen LogP) is 2.78. The van der Waals surface area contributed by atoms with Crippen LogP contribution in [-0.4, -0.2) is 41.8 Å². The summed E-state index contributed by atoms with van der Waals surface area (Å²) < 4.78 is 52.3. The molecule has 1 aliphatic rings. The molecule has 2 aromatic rings. The van der Waals surface area contributed by atoms with E-state index < -0.39 is 15.8 Å². The van der Waals surface area contributed by atoms with Crippen LogP contribution in [0.5, 0.6) is 5.75 Å². The Kier molecular flexibility index (Phi) is 5.33. The average molecular weight is 380 g/mol. The van der Waals surface area contributed by atoms with Crippen LogP contribution in [-0.2, 0) is 14.8 Å². The third kappa shape index (κ3) is 3.91. The molecule has 0 aliphatic carbocycles. The Labute approximate surface area is 152 Å². The first-order valence-corrected chi connectivity index (χ1v) is 9.69. The van der Waals surface area contributed by atoms with Gasteiger partial charge < -0.3 is 14.4 Å². The lowest BCUT2D eigenvalue weighted by molar-refractivity contribution is 0.122. The Hall–Kier alpha value is -2.32. The molecule has 0 saturated carbocycles. The molecule has 1 heterocycles. The van der Waals surface area contributed by atoms with Crippen LogP contribution in [0.2, 0.25) is 0 Å². The number of sulfonamides is 1. The predicted molar refractivity (Wildman–Crippen MR) is 98.0 cm³/mol. The van der Waals surface area contributed by atoms with Gasteiger partial charge in [0.15, 0.2) is 0 Å². The van der Waals surface area contributed by atoms with E-state index in [1.165, 1.54) is 31.4 Å². The maximum absolute atomic E-state index is 14.2. The summed E-state index contributed by atoms with van der Waals surface area (Å²) in [7, 11) is -2.40. The molecule has 0 amide bonds. The molecule has 1 N–H and O–H groups in total. The zero-order valence-corrected chi connectivity index (χ0v) is 15.5. The number of benzene rings is 2. The van der Waals surface area contributed by atoms with Gasteiger partial charge in [-0.05, 0) is 48.9 Å². The van der Waals surface area contributed by atoms with Gasteiger partial charge in [-0.25, -0.2) is 12.8 Å². The smallest absolute Gasteiger partial charge is 0.262 e. The monoisotopic (exact) mass is 380 g/mol. The second-order valence-corrected chi connectivity index (χ2v) is 7.68. The largest absolute Gasteiger partial charge is 0.496 e. The van der Waals surface area contributed by atoms with E-state index in [1.807, 2.05) is 4.90 Å². The fourth-order valence-electron chi connectivity index (χ4n) is 2.83. The average Bonchev–Trinajstić information content (AvgIpc) is 2.64. The Morgan fingerprint density at radius 1 is 1.15 bits per heavy atom. The van der Waals surface area contributed by atoms with Crippen molar-refractivity contribution in [3.05, 3.63) is 47.8 Å². The third-order valence-electron chi connectivity index (χ3n) is 4.25. The molecule has 1 fully saturated rings. The number of hydrogen-bond acceptors (Lipinski definition) is 5. The number of morpholine rings is 1. The second kappa shape index (κ2) is 7.51. The number of aryl methyl sites for hydroxylation is 1. The molecule has 1 saturated heterocycles. The summed E-state index contributed by atoms with van der Waals surface area (Å²) in [4.78, 5) is 2.07. The van der Waals surface area contributed by atoms with Crippen LogP contribution in [0.1, 0.15) is 5.56 Å². The first-order valence-electron chi connectivity index (χ1n) is 8.20. The minimum Gasteiger partial charge on any atom is -0.496 e. The lowest BCUT2D eigenvalue weighted by Gasteiger charge is -2.29. The zero-order valence-electron chi connectivity index (χ0n) is 14.7. The van der Waals surface area contributed by atoms with Gasteiger partial charge in [-0.3, -0.25) is 4.72 Å². The van der Waals surface area contributed by atoms with Crippen molar-refractivity contribution in [1.82, 2.24) is 0 Å². The van der Waals surface area contributed by atoms with E-state index in [-0.39, 0.29) is 10.6 Å². The van der Waals surface area contributed by atoms with E-state index in [0.29, 0.717) is 37.6 Å². The maximum atomic E-state index is 14.2. The number of rotatable bonds is 5. The highest BCUT2D eigenvalue weighted by molar-refractivity contribution is 7.92. The van der Waals surface area contributed by atoms with Crippen molar-refractivity contribution in [3.8, 4) is 5.75 Å². The summed E-state index contributed by atoms with van der Waals surface area (Å²) in [5.74, 6) is -0.0414. The van der Waals surface area contributed by atoms with Crippen molar-refractivity contribution < 1.29 is 22.3 Å². The fraction of sp³-hybridized carbons (Fsp3) is 0.333. The van der Waals surface area contributed by atoms with Crippen LogP contribution >= 0.6 is 0 Å². The molecule has 0 unspecified atom stereocenters. The highest BCUT2D eigenvalue weighted by Gasteiger charge is 2.19. The lowest BCUT2D eigenvalue weighted by atomic mass is 10.2. The van der Waals surface area contributed by atoms with E-state index in [0.717, 1.165) is 5.69 Å².